The van der Waals surface area contributed by atoms with Crippen LogP contribution in [0.5, 0.6) is 0 Å². The summed E-state index contributed by atoms with van der Waals surface area (Å²) in [5, 5.41) is 0. The fourth-order valence-corrected chi connectivity index (χ4v) is 2.17. The van der Waals surface area contributed by atoms with Crippen molar-refractivity contribution in [3.05, 3.63) is 12.7 Å². The number of allylic oxidation sites excluding steroid dienone is 1. The number of urea groups is 1. The second-order valence-corrected chi connectivity index (χ2v) is 4.83. The molecule has 1 saturated heterocycles. The Kier molecular flexibility index (Phi) is 5.36. The van der Waals surface area contributed by atoms with Gasteiger partial charge in [-0.2, -0.15) is 0 Å². The Morgan fingerprint density at radius 2 is 2.38 bits per heavy atom. The van der Waals surface area contributed by atoms with Gasteiger partial charge in [0.2, 0.25) is 0 Å². The summed E-state index contributed by atoms with van der Waals surface area (Å²) >= 11 is 0. The van der Waals surface area contributed by atoms with Crippen molar-refractivity contribution in [2.75, 3.05) is 26.7 Å². The first kappa shape index (κ1) is 13.1. The molecule has 3 heteroatoms. The number of hydrogen-bond donors (Lipinski definition) is 0. The number of unbranched alkanes of at least 4 members (excludes halogenated alkanes) is 1. The first-order chi connectivity index (χ1) is 7.65. The molecule has 1 aliphatic heterocycles. The van der Waals surface area contributed by atoms with E-state index >= 15 is 0 Å². The van der Waals surface area contributed by atoms with Crippen LogP contribution in [0.2, 0.25) is 0 Å². The number of piperidine rings is 1. The van der Waals surface area contributed by atoms with Gasteiger partial charge in [0.25, 0.3) is 0 Å². The second-order valence-electron chi connectivity index (χ2n) is 4.83. The van der Waals surface area contributed by atoms with Gasteiger partial charge in [0.05, 0.1) is 0 Å². The molecule has 92 valence electrons. The normalized spacial score (nSPS) is 20.6. The zero-order valence-corrected chi connectivity index (χ0v) is 10.6. The van der Waals surface area contributed by atoms with E-state index in [0.29, 0.717) is 5.92 Å². The molecule has 16 heavy (non-hydrogen) atoms. The Morgan fingerprint density at radius 3 is 3.00 bits per heavy atom. The van der Waals surface area contributed by atoms with Crippen LogP contribution in [-0.4, -0.2) is 42.5 Å². The van der Waals surface area contributed by atoms with Crippen molar-refractivity contribution >= 4 is 6.03 Å². The van der Waals surface area contributed by atoms with Crippen LogP contribution in [0.1, 0.15) is 32.6 Å². The third-order valence-corrected chi connectivity index (χ3v) is 3.16. The highest BCUT2D eigenvalue weighted by molar-refractivity contribution is 5.74. The molecule has 0 aliphatic carbocycles. The highest BCUT2D eigenvalue weighted by Crippen LogP contribution is 2.16. The van der Waals surface area contributed by atoms with Crippen molar-refractivity contribution in [3.63, 3.8) is 0 Å². The minimum absolute atomic E-state index is 0.190. The van der Waals surface area contributed by atoms with Gasteiger partial charge >= 0.3 is 6.03 Å². The molecule has 2 amide bonds. The van der Waals surface area contributed by atoms with E-state index in [1.807, 2.05) is 22.9 Å². The minimum atomic E-state index is 0.190. The predicted molar refractivity (Wildman–Crippen MR) is 67.4 cm³/mol. The molecule has 0 radical (unpaired) electrons. The maximum Gasteiger partial charge on any atom is 0.319 e. The number of hydrogen-bond acceptors (Lipinski definition) is 1. The summed E-state index contributed by atoms with van der Waals surface area (Å²) in [6.45, 7) is 8.58. The summed E-state index contributed by atoms with van der Waals surface area (Å²) in [5.41, 5.74) is 0. The van der Waals surface area contributed by atoms with Crippen LogP contribution in [0.3, 0.4) is 0 Å². The SMILES string of the molecule is C=CCCCN(C)C(=O)N1CCCC(C)C1. The zero-order valence-electron chi connectivity index (χ0n) is 10.6. The van der Waals surface area contributed by atoms with Gasteiger partial charge in [0.15, 0.2) is 0 Å². The molecule has 1 heterocycles. The van der Waals surface area contributed by atoms with E-state index in [0.717, 1.165) is 38.9 Å². The third-order valence-electron chi connectivity index (χ3n) is 3.16. The minimum Gasteiger partial charge on any atom is -0.328 e. The lowest BCUT2D eigenvalue weighted by Crippen LogP contribution is -2.46. The number of likely N-dealkylation sites (tertiary alicyclic amines) is 1. The van der Waals surface area contributed by atoms with E-state index in [9.17, 15) is 4.79 Å². The Morgan fingerprint density at radius 1 is 1.62 bits per heavy atom. The Balaban J connectivity index is 2.34. The molecule has 0 spiro atoms. The lowest BCUT2D eigenvalue weighted by atomic mass is 10.0. The topological polar surface area (TPSA) is 23.6 Å². The van der Waals surface area contributed by atoms with E-state index in [2.05, 4.69) is 13.5 Å². The molecule has 1 atom stereocenters. The second kappa shape index (κ2) is 6.56. The van der Waals surface area contributed by atoms with Crippen molar-refractivity contribution in [2.24, 2.45) is 5.92 Å². The van der Waals surface area contributed by atoms with Gasteiger partial charge in [-0.1, -0.05) is 13.0 Å². The van der Waals surface area contributed by atoms with E-state index in [-0.39, 0.29) is 6.03 Å². The third kappa shape index (κ3) is 3.87. The van der Waals surface area contributed by atoms with E-state index in [4.69, 9.17) is 0 Å². The van der Waals surface area contributed by atoms with Gasteiger partial charge in [-0.15, -0.1) is 6.58 Å². The van der Waals surface area contributed by atoms with Crippen LogP contribution in [0, 0.1) is 5.92 Å². The molecule has 0 aromatic heterocycles. The zero-order chi connectivity index (χ0) is 12.0. The smallest absolute Gasteiger partial charge is 0.319 e. The molecule has 1 aliphatic rings. The fraction of sp³-hybridized carbons (Fsp3) is 0.769. The predicted octanol–water partition coefficient (Wildman–Crippen LogP) is 2.74. The number of nitrogens with zero attached hydrogens (tertiary/aromatic N) is 2. The molecule has 3 nitrogen and oxygen atoms in total. The van der Waals surface area contributed by atoms with E-state index in [1.165, 1.54) is 6.42 Å². The van der Waals surface area contributed by atoms with Crippen molar-refractivity contribution < 1.29 is 4.79 Å². The highest BCUT2D eigenvalue weighted by Gasteiger charge is 2.22. The Bertz CT molecular complexity index is 240. The summed E-state index contributed by atoms with van der Waals surface area (Å²) in [6, 6.07) is 0.190. The number of carbonyl (C=O) groups is 1. The molecular weight excluding hydrogens is 200 g/mol. The van der Waals surface area contributed by atoms with Gasteiger partial charge in [0.1, 0.15) is 0 Å². The standard InChI is InChI=1S/C13H24N2O/c1-4-5-6-9-14(3)13(16)15-10-7-8-12(2)11-15/h4,12H,1,5-11H2,2-3H3. The molecule has 1 fully saturated rings. The van der Waals surface area contributed by atoms with Gasteiger partial charge in [-0.3, -0.25) is 0 Å². The largest absolute Gasteiger partial charge is 0.328 e. The monoisotopic (exact) mass is 224 g/mol. The summed E-state index contributed by atoms with van der Waals surface area (Å²) in [4.78, 5) is 15.9. The maximum absolute atomic E-state index is 12.1. The Hall–Kier alpha value is -0.990. The van der Waals surface area contributed by atoms with E-state index < -0.39 is 0 Å². The first-order valence-electron chi connectivity index (χ1n) is 6.26. The van der Waals surface area contributed by atoms with Crippen molar-refractivity contribution in [1.82, 2.24) is 9.80 Å². The number of amides is 2. The average molecular weight is 224 g/mol. The maximum atomic E-state index is 12.1. The van der Waals surface area contributed by atoms with Crippen molar-refractivity contribution in [2.45, 2.75) is 32.6 Å². The molecule has 0 N–H and O–H groups in total. The average Bonchev–Trinajstić information content (AvgIpc) is 2.28. The van der Waals surface area contributed by atoms with Crippen LogP contribution < -0.4 is 0 Å². The molecule has 1 rings (SSSR count). The summed E-state index contributed by atoms with van der Waals surface area (Å²) in [7, 11) is 1.89. The van der Waals surface area contributed by atoms with Gasteiger partial charge in [0, 0.05) is 26.7 Å². The fourth-order valence-electron chi connectivity index (χ4n) is 2.17. The van der Waals surface area contributed by atoms with Crippen LogP contribution >= 0.6 is 0 Å². The molecular formula is C13H24N2O. The highest BCUT2D eigenvalue weighted by atomic mass is 16.2. The number of carbonyl (C=O) groups excluding carboxylic acids is 1. The van der Waals surface area contributed by atoms with Crippen LogP contribution in [0.25, 0.3) is 0 Å². The van der Waals surface area contributed by atoms with Gasteiger partial charge in [-0.25, -0.2) is 4.79 Å². The Labute approximate surface area is 99.1 Å². The first-order valence-corrected chi connectivity index (χ1v) is 6.26. The quantitative estimate of drug-likeness (QED) is 0.532. The molecule has 1 unspecified atom stereocenters. The van der Waals surface area contributed by atoms with Crippen molar-refractivity contribution in [1.29, 1.82) is 0 Å². The number of rotatable bonds is 4. The molecule has 0 saturated carbocycles. The van der Waals surface area contributed by atoms with Crippen LogP contribution in [-0.2, 0) is 0 Å². The molecule has 0 bridgehead atoms. The van der Waals surface area contributed by atoms with Crippen molar-refractivity contribution in [3.8, 4) is 0 Å². The van der Waals surface area contributed by atoms with Gasteiger partial charge < -0.3 is 9.80 Å². The van der Waals surface area contributed by atoms with Crippen LogP contribution in [0.15, 0.2) is 12.7 Å². The summed E-state index contributed by atoms with van der Waals surface area (Å²) in [6.07, 6.45) is 6.29. The van der Waals surface area contributed by atoms with Gasteiger partial charge in [-0.05, 0) is 31.6 Å². The van der Waals surface area contributed by atoms with E-state index in [1.54, 1.807) is 0 Å². The summed E-state index contributed by atoms with van der Waals surface area (Å²) < 4.78 is 0. The van der Waals surface area contributed by atoms with Crippen LogP contribution in [0.4, 0.5) is 4.79 Å². The lowest BCUT2D eigenvalue weighted by molar-refractivity contribution is 0.139. The molecule has 0 aromatic rings. The summed E-state index contributed by atoms with van der Waals surface area (Å²) in [5.74, 6) is 0.652. The molecule has 0 aromatic carbocycles. The lowest BCUT2D eigenvalue weighted by Gasteiger charge is -2.34.